The predicted molar refractivity (Wildman–Crippen MR) is 84.9 cm³/mol. The van der Waals surface area contributed by atoms with E-state index in [-0.39, 0.29) is 30.7 Å². The van der Waals surface area contributed by atoms with E-state index in [9.17, 15) is 4.79 Å². The zero-order valence-electron chi connectivity index (χ0n) is 12.5. The van der Waals surface area contributed by atoms with Crippen LogP contribution in [0.2, 0.25) is 0 Å². The normalized spacial score (nSPS) is 18.2. The van der Waals surface area contributed by atoms with Crippen LogP contribution in [0, 0.1) is 13.8 Å². The Kier molecular flexibility index (Phi) is 7.55. The lowest BCUT2D eigenvalue weighted by atomic mass is 10.1. The summed E-state index contributed by atoms with van der Waals surface area (Å²) in [5.41, 5.74) is 3.13. The first-order chi connectivity index (χ1) is 8.49. The molecule has 20 heavy (non-hydrogen) atoms. The van der Waals surface area contributed by atoms with Crippen molar-refractivity contribution in [2.24, 2.45) is 7.05 Å². The summed E-state index contributed by atoms with van der Waals surface area (Å²) in [6, 6.07) is 0.388. The van der Waals surface area contributed by atoms with Crippen LogP contribution in [0.25, 0.3) is 0 Å². The highest BCUT2D eigenvalue weighted by atomic mass is 35.5. The molecular formula is C13H24Cl2N4O. The van der Waals surface area contributed by atoms with E-state index in [1.807, 2.05) is 30.5 Å². The smallest absolute Gasteiger partial charge is 0.227 e. The van der Waals surface area contributed by atoms with E-state index in [1.54, 1.807) is 0 Å². The Hall–Kier alpha value is -0.780. The molecule has 0 spiro atoms. The maximum absolute atomic E-state index is 12.3. The monoisotopic (exact) mass is 322 g/mol. The van der Waals surface area contributed by atoms with Crippen LogP contribution in [0.5, 0.6) is 0 Å². The van der Waals surface area contributed by atoms with Gasteiger partial charge in [-0.3, -0.25) is 9.48 Å². The van der Waals surface area contributed by atoms with Gasteiger partial charge < -0.3 is 10.2 Å². The third kappa shape index (κ3) is 4.11. The quantitative estimate of drug-likeness (QED) is 0.891. The lowest BCUT2D eigenvalue weighted by molar-refractivity contribution is -0.131. The number of rotatable bonds is 2. The Labute approximate surface area is 132 Å². The first-order valence-electron chi connectivity index (χ1n) is 6.49. The van der Waals surface area contributed by atoms with Crippen LogP contribution in [0.4, 0.5) is 0 Å². The molecule has 1 aromatic heterocycles. The van der Waals surface area contributed by atoms with Crippen LogP contribution in [0.1, 0.15) is 23.9 Å². The minimum Gasteiger partial charge on any atom is -0.340 e. The number of hydrogen-bond donors (Lipinski definition) is 1. The van der Waals surface area contributed by atoms with Gasteiger partial charge in [-0.25, -0.2) is 0 Å². The van der Waals surface area contributed by atoms with Crippen molar-refractivity contribution in [1.82, 2.24) is 20.0 Å². The molecular weight excluding hydrogens is 299 g/mol. The SMILES string of the molecule is Cc1nn(C)c(C)c1CC(=O)N1CCNC(C)C1.Cl.Cl. The molecule has 1 N–H and O–H groups in total. The summed E-state index contributed by atoms with van der Waals surface area (Å²) in [5.74, 6) is 0.211. The highest BCUT2D eigenvalue weighted by Gasteiger charge is 2.22. The number of nitrogens with zero attached hydrogens (tertiary/aromatic N) is 3. The molecule has 7 heteroatoms. The third-order valence-corrected chi connectivity index (χ3v) is 3.71. The van der Waals surface area contributed by atoms with E-state index in [2.05, 4.69) is 17.3 Å². The van der Waals surface area contributed by atoms with E-state index >= 15 is 0 Å². The predicted octanol–water partition coefficient (Wildman–Crippen LogP) is 1.24. The zero-order chi connectivity index (χ0) is 13.3. The van der Waals surface area contributed by atoms with E-state index in [4.69, 9.17) is 0 Å². The molecule has 0 bridgehead atoms. The van der Waals surface area contributed by atoms with E-state index in [1.165, 1.54) is 0 Å². The van der Waals surface area contributed by atoms with E-state index < -0.39 is 0 Å². The molecule has 1 aliphatic rings. The molecule has 1 saturated heterocycles. The van der Waals surface area contributed by atoms with Crippen LogP contribution < -0.4 is 5.32 Å². The van der Waals surface area contributed by atoms with Gasteiger partial charge in [0.1, 0.15) is 0 Å². The zero-order valence-corrected chi connectivity index (χ0v) is 14.1. The number of piperazine rings is 1. The van der Waals surface area contributed by atoms with Crippen molar-refractivity contribution in [3.63, 3.8) is 0 Å². The minimum atomic E-state index is 0. The summed E-state index contributed by atoms with van der Waals surface area (Å²) < 4.78 is 1.85. The van der Waals surface area contributed by atoms with Gasteiger partial charge in [-0.15, -0.1) is 24.8 Å². The fraction of sp³-hybridized carbons (Fsp3) is 0.692. The lowest BCUT2D eigenvalue weighted by Gasteiger charge is -2.32. The van der Waals surface area contributed by atoms with Crippen molar-refractivity contribution in [2.45, 2.75) is 33.2 Å². The molecule has 1 unspecified atom stereocenters. The second kappa shape index (κ2) is 7.86. The van der Waals surface area contributed by atoms with Crippen LogP contribution in [-0.4, -0.2) is 46.3 Å². The Morgan fingerprint density at radius 2 is 2.05 bits per heavy atom. The van der Waals surface area contributed by atoms with Crippen LogP contribution in [0.3, 0.4) is 0 Å². The maximum Gasteiger partial charge on any atom is 0.227 e. The molecule has 2 rings (SSSR count). The first-order valence-corrected chi connectivity index (χ1v) is 6.49. The lowest BCUT2D eigenvalue weighted by Crippen LogP contribution is -2.51. The molecule has 1 aliphatic heterocycles. The highest BCUT2D eigenvalue weighted by molar-refractivity contribution is 5.85. The molecule has 1 amide bonds. The molecule has 1 atom stereocenters. The van der Waals surface area contributed by atoms with Gasteiger partial charge in [-0.2, -0.15) is 5.10 Å². The Bertz CT molecular complexity index is 461. The van der Waals surface area contributed by atoms with Gasteiger partial charge in [0.2, 0.25) is 5.91 Å². The maximum atomic E-state index is 12.3. The average molecular weight is 323 g/mol. The summed E-state index contributed by atoms with van der Waals surface area (Å²) in [5, 5.41) is 7.70. The van der Waals surface area contributed by atoms with Crippen LogP contribution >= 0.6 is 24.8 Å². The number of carbonyl (C=O) groups is 1. The summed E-state index contributed by atoms with van der Waals surface area (Å²) in [4.78, 5) is 14.2. The number of nitrogens with one attached hydrogen (secondary N) is 1. The highest BCUT2D eigenvalue weighted by Crippen LogP contribution is 2.14. The van der Waals surface area contributed by atoms with Gasteiger partial charge in [0.05, 0.1) is 12.1 Å². The summed E-state index contributed by atoms with van der Waals surface area (Å²) >= 11 is 0. The van der Waals surface area contributed by atoms with Crippen molar-refractivity contribution < 1.29 is 4.79 Å². The second-order valence-electron chi connectivity index (χ2n) is 5.14. The minimum absolute atomic E-state index is 0. The van der Waals surface area contributed by atoms with Gasteiger partial charge in [0.25, 0.3) is 0 Å². The number of halogens is 2. The molecule has 0 saturated carbocycles. The number of aromatic nitrogens is 2. The molecule has 1 fully saturated rings. The Balaban J connectivity index is 0.00000180. The largest absolute Gasteiger partial charge is 0.340 e. The topological polar surface area (TPSA) is 50.2 Å². The summed E-state index contributed by atoms with van der Waals surface area (Å²) in [6.07, 6.45) is 0.470. The molecule has 1 aromatic rings. The summed E-state index contributed by atoms with van der Waals surface area (Å²) in [7, 11) is 1.92. The summed E-state index contributed by atoms with van der Waals surface area (Å²) in [6.45, 7) is 8.59. The molecule has 0 radical (unpaired) electrons. The van der Waals surface area contributed by atoms with Gasteiger partial charge in [-0.1, -0.05) is 0 Å². The molecule has 0 aromatic carbocycles. The van der Waals surface area contributed by atoms with E-state index in [0.717, 1.165) is 36.6 Å². The third-order valence-electron chi connectivity index (χ3n) is 3.71. The van der Waals surface area contributed by atoms with Crippen molar-refractivity contribution in [2.75, 3.05) is 19.6 Å². The number of aryl methyl sites for hydroxylation is 2. The van der Waals surface area contributed by atoms with Crippen molar-refractivity contribution in [1.29, 1.82) is 0 Å². The molecule has 2 heterocycles. The van der Waals surface area contributed by atoms with Crippen LogP contribution in [0.15, 0.2) is 0 Å². The van der Waals surface area contributed by atoms with Gasteiger partial charge >= 0.3 is 0 Å². The number of amides is 1. The molecule has 116 valence electrons. The second-order valence-corrected chi connectivity index (χ2v) is 5.14. The number of carbonyl (C=O) groups excluding carboxylic acids is 1. The van der Waals surface area contributed by atoms with E-state index in [0.29, 0.717) is 12.5 Å². The number of hydrogen-bond acceptors (Lipinski definition) is 3. The fourth-order valence-corrected chi connectivity index (χ4v) is 2.50. The van der Waals surface area contributed by atoms with Crippen molar-refractivity contribution >= 4 is 30.7 Å². The molecule has 0 aliphatic carbocycles. The van der Waals surface area contributed by atoms with Crippen LogP contribution in [-0.2, 0) is 18.3 Å². The van der Waals surface area contributed by atoms with Gasteiger partial charge in [0, 0.05) is 44.0 Å². The van der Waals surface area contributed by atoms with Crippen molar-refractivity contribution in [3.05, 3.63) is 17.0 Å². The van der Waals surface area contributed by atoms with Crippen molar-refractivity contribution in [3.8, 4) is 0 Å². The standard InChI is InChI=1S/C13H22N4O.2ClH/c1-9-8-17(6-5-14-9)13(18)7-12-10(2)15-16(4)11(12)3;;/h9,14H,5-8H2,1-4H3;2*1H. The van der Waals surface area contributed by atoms with Gasteiger partial charge in [-0.05, 0) is 20.8 Å². The fourth-order valence-electron chi connectivity index (χ4n) is 2.50. The Morgan fingerprint density at radius 3 is 2.55 bits per heavy atom. The average Bonchev–Trinajstić information content (AvgIpc) is 2.56. The first kappa shape index (κ1) is 19.2. The Morgan fingerprint density at radius 1 is 1.40 bits per heavy atom. The van der Waals surface area contributed by atoms with Gasteiger partial charge in [0.15, 0.2) is 0 Å². The molecule has 5 nitrogen and oxygen atoms in total.